The Morgan fingerprint density at radius 2 is 1.97 bits per heavy atom. The molecule has 1 aromatic carbocycles. The van der Waals surface area contributed by atoms with Crippen LogP contribution in [0.25, 0.3) is 0 Å². The topological polar surface area (TPSA) is 71.5 Å². The van der Waals surface area contributed by atoms with E-state index in [4.69, 9.17) is 4.74 Å². The van der Waals surface area contributed by atoms with Crippen LogP contribution in [-0.4, -0.2) is 39.9 Å². The number of carbonyl (C=O) groups is 2. The van der Waals surface area contributed by atoms with Crippen molar-refractivity contribution in [2.24, 2.45) is 0 Å². The molecule has 1 saturated heterocycles. The number of nitrogens with one attached hydrogen (secondary N) is 1. The zero-order valence-electron chi connectivity index (χ0n) is 16.1. The van der Waals surface area contributed by atoms with E-state index in [2.05, 4.69) is 10.3 Å². The molecule has 0 radical (unpaired) electrons. The maximum absolute atomic E-state index is 13.2. The number of carbonyl (C=O) groups excluding carboxylic acids is 2. The Labute approximate surface area is 169 Å². The van der Waals surface area contributed by atoms with Crippen LogP contribution in [-0.2, 0) is 16.1 Å². The van der Waals surface area contributed by atoms with E-state index in [0.717, 1.165) is 37.7 Å². The number of benzene rings is 1. The minimum Gasteiger partial charge on any atom is -0.478 e. The maximum atomic E-state index is 13.2. The molecule has 4 rings (SSSR count). The van der Waals surface area contributed by atoms with Crippen molar-refractivity contribution < 1.29 is 18.7 Å². The van der Waals surface area contributed by atoms with E-state index in [1.165, 1.54) is 24.3 Å². The number of halogens is 1. The number of amides is 2. The standard InChI is InChI=1S/C22H24FN3O3/c23-17-6-8-18(9-7-17)29-20-21(28)26(22(20)10-2-1-3-11-22)15-19(27)25-14-16-5-4-12-24-13-16/h4-9,12-13,20H,1-3,10-11,14-15H2,(H,25,27). The van der Waals surface area contributed by atoms with Gasteiger partial charge in [0.2, 0.25) is 5.91 Å². The second-order valence-corrected chi connectivity index (χ2v) is 7.68. The maximum Gasteiger partial charge on any atom is 0.267 e. The lowest BCUT2D eigenvalue weighted by molar-refractivity contribution is -0.187. The molecule has 152 valence electrons. The van der Waals surface area contributed by atoms with Crippen molar-refractivity contribution in [1.82, 2.24) is 15.2 Å². The smallest absolute Gasteiger partial charge is 0.267 e. The lowest BCUT2D eigenvalue weighted by Gasteiger charge is -2.58. The molecule has 1 unspecified atom stereocenters. The highest BCUT2D eigenvalue weighted by atomic mass is 19.1. The summed E-state index contributed by atoms with van der Waals surface area (Å²) in [4.78, 5) is 31.0. The number of pyridine rings is 1. The van der Waals surface area contributed by atoms with Crippen molar-refractivity contribution >= 4 is 11.8 Å². The Bertz CT molecular complexity index is 867. The van der Waals surface area contributed by atoms with Gasteiger partial charge in [0, 0.05) is 18.9 Å². The number of nitrogens with zero attached hydrogens (tertiary/aromatic N) is 2. The second-order valence-electron chi connectivity index (χ2n) is 7.68. The SMILES string of the molecule is O=C(CN1C(=O)C(Oc2ccc(F)cc2)C12CCCCC2)NCc1cccnc1. The minimum absolute atomic E-state index is 0.0162. The first-order valence-electron chi connectivity index (χ1n) is 9.98. The summed E-state index contributed by atoms with van der Waals surface area (Å²) >= 11 is 0. The molecule has 6 nitrogen and oxygen atoms in total. The molecule has 2 fully saturated rings. The van der Waals surface area contributed by atoms with Crippen LogP contribution in [0.2, 0.25) is 0 Å². The molecule has 2 heterocycles. The highest BCUT2D eigenvalue weighted by Gasteiger charge is 2.62. The molecule has 2 amide bonds. The highest BCUT2D eigenvalue weighted by molar-refractivity contribution is 5.94. The molecule has 1 spiro atoms. The number of rotatable bonds is 6. The molecule has 1 aliphatic carbocycles. The van der Waals surface area contributed by atoms with Gasteiger partial charge in [-0.3, -0.25) is 14.6 Å². The van der Waals surface area contributed by atoms with Gasteiger partial charge in [-0.05, 0) is 48.7 Å². The molecule has 7 heteroatoms. The minimum atomic E-state index is -0.626. The van der Waals surface area contributed by atoms with Crippen LogP contribution in [0.5, 0.6) is 5.75 Å². The van der Waals surface area contributed by atoms with E-state index in [0.29, 0.717) is 12.3 Å². The van der Waals surface area contributed by atoms with E-state index >= 15 is 0 Å². The largest absolute Gasteiger partial charge is 0.478 e. The van der Waals surface area contributed by atoms with Crippen LogP contribution in [0.1, 0.15) is 37.7 Å². The Hall–Kier alpha value is -2.96. The molecule has 2 aliphatic rings. The summed E-state index contributed by atoms with van der Waals surface area (Å²) in [5.41, 5.74) is 0.440. The van der Waals surface area contributed by atoms with E-state index < -0.39 is 11.6 Å². The molecule has 29 heavy (non-hydrogen) atoms. The number of hydrogen-bond donors (Lipinski definition) is 1. The molecule has 1 aromatic heterocycles. The summed E-state index contributed by atoms with van der Waals surface area (Å²) in [7, 11) is 0. The average molecular weight is 397 g/mol. The van der Waals surface area contributed by atoms with E-state index in [1.54, 1.807) is 17.3 Å². The molecular weight excluding hydrogens is 373 g/mol. The molecule has 1 atom stereocenters. The van der Waals surface area contributed by atoms with Gasteiger partial charge < -0.3 is 15.0 Å². The monoisotopic (exact) mass is 397 g/mol. The molecule has 1 saturated carbocycles. The summed E-state index contributed by atoms with van der Waals surface area (Å²) in [6.07, 6.45) is 7.46. The predicted molar refractivity (Wildman–Crippen MR) is 104 cm³/mol. The van der Waals surface area contributed by atoms with Crippen molar-refractivity contribution in [3.8, 4) is 5.75 Å². The van der Waals surface area contributed by atoms with Gasteiger partial charge in [0.15, 0.2) is 6.10 Å². The zero-order valence-corrected chi connectivity index (χ0v) is 16.1. The predicted octanol–water partition coefficient (Wildman–Crippen LogP) is 2.83. The molecule has 2 aromatic rings. The quantitative estimate of drug-likeness (QED) is 0.761. The van der Waals surface area contributed by atoms with Crippen molar-refractivity contribution in [1.29, 1.82) is 0 Å². The highest BCUT2D eigenvalue weighted by Crippen LogP contribution is 2.45. The first-order valence-corrected chi connectivity index (χ1v) is 9.98. The third kappa shape index (κ3) is 3.95. The number of likely N-dealkylation sites (tertiary alicyclic amines) is 1. The number of ether oxygens (including phenoxy) is 1. The summed E-state index contributed by atoms with van der Waals surface area (Å²) in [5.74, 6) is -0.271. The first-order chi connectivity index (χ1) is 14.1. The van der Waals surface area contributed by atoms with E-state index in [9.17, 15) is 14.0 Å². The lowest BCUT2D eigenvalue weighted by atomic mass is 9.70. The lowest BCUT2D eigenvalue weighted by Crippen LogP contribution is -2.77. The van der Waals surface area contributed by atoms with Gasteiger partial charge >= 0.3 is 0 Å². The van der Waals surface area contributed by atoms with Crippen molar-refractivity contribution in [3.63, 3.8) is 0 Å². The summed E-state index contributed by atoms with van der Waals surface area (Å²) < 4.78 is 19.1. The molecule has 1 aliphatic heterocycles. The number of aromatic nitrogens is 1. The van der Waals surface area contributed by atoms with Gasteiger partial charge in [-0.2, -0.15) is 0 Å². The molecule has 0 bridgehead atoms. The van der Waals surface area contributed by atoms with E-state index in [-0.39, 0.29) is 24.2 Å². The third-order valence-corrected chi connectivity index (χ3v) is 5.82. The molecule has 1 N–H and O–H groups in total. The Morgan fingerprint density at radius 1 is 1.21 bits per heavy atom. The molecular formula is C22H24FN3O3. The van der Waals surface area contributed by atoms with Gasteiger partial charge in [-0.15, -0.1) is 0 Å². The van der Waals surface area contributed by atoms with Gasteiger partial charge in [0.1, 0.15) is 18.1 Å². The summed E-state index contributed by atoms with van der Waals surface area (Å²) in [6, 6.07) is 9.39. The van der Waals surface area contributed by atoms with Gasteiger partial charge in [-0.25, -0.2) is 4.39 Å². The van der Waals surface area contributed by atoms with Crippen LogP contribution < -0.4 is 10.1 Å². The fourth-order valence-electron chi connectivity index (χ4n) is 4.31. The van der Waals surface area contributed by atoms with Crippen molar-refractivity contribution in [3.05, 3.63) is 60.2 Å². The summed E-state index contributed by atoms with van der Waals surface area (Å²) in [6.45, 7) is 0.388. The van der Waals surface area contributed by atoms with Gasteiger partial charge in [0.05, 0.1) is 5.54 Å². The second kappa shape index (κ2) is 8.19. The van der Waals surface area contributed by atoms with Gasteiger partial charge in [0.25, 0.3) is 5.91 Å². The fraction of sp³-hybridized carbons (Fsp3) is 0.409. The zero-order chi connectivity index (χ0) is 20.3. The Kier molecular flexibility index (Phi) is 5.47. The van der Waals surface area contributed by atoms with Crippen LogP contribution in [0, 0.1) is 5.82 Å². The van der Waals surface area contributed by atoms with Crippen LogP contribution in [0.15, 0.2) is 48.8 Å². The van der Waals surface area contributed by atoms with Crippen molar-refractivity contribution in [2.45, 2.75) is 50.3 Å². The normalized spacial score (nSPS) is 20.2. The Morgan fingerprint density at radius 3 is 2.66 bits per heavy atom. The van der Waals surface area contributed by atoms with Crippen LogP contribution in [0.3, 0.4) is 0 Å². The average Bonchev–Trinajstić information content (AvgIpc) is 2.77. The van der Waals surface area contributed by atoms with Crippen LogP contribution in [0.4, 0.5) is 4.39 Å². The fourth-order valence-corrected chi connectivity index (χ4v) is 4.31. The van der Waals surface area contributed by atoms with Crippen LogP contribution >= 0.6 is 0 Å². The Balaban J connectivity index is 1.43. The van der Waals surface area contributed by atoms with Gasteiger partial charge in [-0.1, -0.05) is 25.3 Å². The van der Waals surface area contributed by atoms with Crippen molar-refractivity contribution in [2.75, 3.05) is 6.54 Å². The third-order valence-electron chi connectivity index (χ3n) is 5.82. The summed E-state index contributed by atoms with van der Waals surface area (Å²) in [5, 5.41) is 2.86. The first kappa shape index (κ1) is 19.4. The number of β-lactam (4-membered cyclic amide) rings is 1. The van der Waals surface area contributed by atoms with E-state index in [1.807, 2.05) is 12.1 Å². The number of hydrogen-bond acceptors (Lipinski definition) is 4.